The second-order valence-corrected chi connectivity index (χ2v) is 0.519. The van der Waals surface area contributed by atoms with Crippen LogP contribution in [0.4, 0.5) is 0 Å². The summed E-state index contributed by atoms with van der Waals surface area (Å²) in [6, 6.07) is 0. The van der Waals surface area contributed by atoms with Gasteiger partial charge < -0.3 is 17.5 Å². The van der Waals surface area contributed by atoms with Crippen LogP contribution in [0.1, 0.15) is 8.35 Å². The van der Waals surface area contributed by atoms with E-state index < -0.39 is 5.97 Å². The predicted molar refractivity (Wildman–Crippen MR) is 21.6 cm³/mol. The molecular weight excluding hydrogens is 95.0 g/mol. The van der Waals surface area contributed by atoms with E-state index in [2.05, 4.69) is 0 Å². The molecule has 0 aliphatic carbocycles. The van der Waals surface area contributed by atoms with E-state index >= 15 is 0 Å². The predicted octanol–water partition coefficient (Wildman–Crippen LogP) is -4.44. The minimum atomic E-state index is -0.833. The minimum absolute atomic E-state index is 0. The number of aliphatic carboxylic acids is 1. The Labute approximate surface area is 54.8 Å². The van der Waals surface area contributed by atoms with Crippen molar-refractivity contribution in [1.82, 2.24) is 0 Å². The van der Waals surface area contributed by atoms with Gasteiger partial charge in [-0.2, -0.15) is 0 Å². The van der Waals surface area contributed by atoms with Gasteiger partial charge in [0.15, 0.2) is 0 Å². The normalized spacial score (nSPS) is 3.57. The van der Waals surface area contributed by atoms with E-state index in [4.69, 9.17) is 9.90 Å². The van der Waals surface area contributed by atoms with Crippen LogP contribution in [0.15, 0.2) is 0 Å². The zero-order valence-corrected chi connectivity index (χ0v) is 4.36. The largest absolute Gasteiger partial charge is 1.00 e. The summed E-state index contributed by atoms with van der Waals surface area (Å²) in [5, 5.41) is 7.42. The first-order chi connectivity index (χ1) is 1.73. The van der Waals surface area contributed by atoms with Crippen LogP contribution in [-0.2, 0) is 4.79 Å². The van der Waals surface area contributed by atoms with Gasteiger partial charge in [0.25, 0.3) is 5.97 Å². The zero-order chi connectivity index (χ0) is 3.58. The van der Waals surface area contributed by atoms with Crippen molar-refractivity contribution in [1.29, 1.82) is 0 Å². The van der Waals surface area contributed by atoms with Crippen molar-refractivity contribution < 1.29 is 41.1 Å². The van der Waals surface area contributed by atoms with Crippen LogP contribution in [0.2, 0.25) is 0 Å². The maximum absolute atomic E-state index is 9.00. The van der Waals surface area contributed by atoms with Gasteiger partial charge in [0, 0.05) is 6.92 Å². The van der Waals surface area contributed by atoms with E-state index in [9.17, 15) is 0 Å². The van der Waals surface area contributed by atoms with E-state index in [1.54, 1.807) is 0 Å². The molecular formula is C2H9LiO4. The molecule has 0 heterocycles. The molecule has 5 heteroatoms. The quantitative estimate of drug-likeness (QED) is 0.313. The summed E-state index contributed by atoms with van der Waals surface area (Å²) in [6.07, 6.45) is 0. The number of hydrogen-bond donors (Lipinski definition) is 1. The third-order valence-electron chi connectivity index (χ3n) is 0. The first-order valence-corrected chi connectivity index (χ1v) is 0.928. The molecule has 0 radical (unpaired) electrons. The molecule has 0 saturated carbocycles. The molecule has 4 nitrogen and oxygen atoms in total. The van der Waals surface area contributed by atoms with E-state index in [0.717, 1.165) is 6.92 Å². The Morgan fingerprint density at radius 2 is 1.57 bits per heavy atom. The number of carbonyl (C=O) groups is 1. The van der Waals surface area contributed by atoms with Gasteiger partial charge in [-0.25, -0.2) is 0 Å². The summed E-state index contributed by atoms with van der Waals surface area (Å²) in [6.45, 7) is 1.08. The summed E-state index contributed by atoms with van der Waals surface area (Å²) >= 11 is 0. The van der Waals surface area contributed by atoms with Crippen LogP contribution < -0.4 is 18.9 Å². The molecule has 0 aliphatic heterocycles. The van der Waals surface area contributed by atoms with Gasteiger partial charge in [-0.3, -0.25) is 4.79 Å². The molecule has 0 fully saturated rings. The van der Waals surface area contributed by atoms with Gasteiger partial charge in [0.05, 0.1) is 0 Å². The Balaban J connectivity index is -0.00000000750. The average molecular weight is 104 g/mol. The maximum Gasteiger partial charge on any atom is 1.00 e. The number of carboxylic acids is 1. The smallest absolute Gasteiger partial charge is 1.00 e. The Morgan fingerprint density at radius 3 is 1.57 bits per heavy atom. The molecule has 0 aromatic carbocycles. The molecule has 5 N–H and O–H groups in total. The van der Waals surface area contributed by atoms with E-state index in [1.165, 1.54) is 0 Å². The Kier molecular flexibility index (Phi) is 66.9. The maximum atomic E-state index is 9.00. The Bertz CT molecular complexity index is 37.0. The molecule has 0 bridgehead atoms. The monoisotopic (exact) mass is 104 g/mol. The Morgan fingerprint density at radius 1 is 1.57 bits per heavy atom. The SMILES string of the molecule is CC(=O)O.O.O.[H-].[Li+]. The van der Waals surface area contributed by atoms with Crippen LogP contribution in [0, 0.1) is 0 Å². The van der Waals surface area contributed by atoms with Crippen LogP contribution in [0.3, 0.4) is 0 Å². The third-order valence-corrected chi connectivity index (χ3v) is 0. The third kappa shape index (κ3) is 600000. The van der Waals surface area contributed by atoms with E-state index in [0.29, 0.717) is 0 Å². The van der Waals surface area contributed by atoms with Crippen molar-refractivity contribution in [2.75, 3.05) is 0 Å². The summed E-state index contributed by atoms with van der Waals surface area (Å²) in [4.78, 5) is 9.00. The van der Waals surface area contributed by atoms with Crippen LogP contribution in [-0.4, -0.2) is 22.0 Å². The topological polar surface area (TPSA) is 100 Å². The van der Waals surface area contributed by atoms with Gasteiger partial charge in [-0.15, -0.1) is 0 Å². The number of rotatable bonds is 0. The first-order valence-electron chi connectivity index (χ1n) is 0.928. The van der Waals surface area contributed by atoms with Crippen LogP contribution >= 0.6 is 0 Å². The summed E-state index contributed by atoms with van der Waals surface area (Å²) in [5.74, 6) is -0.833. The molecule has 7 heavy (non-hydrogen) atoms. The molecule has 42 valence electrons. The van der Waals surface area contributed by atoms with Gasteiger partial charge in [0.2, 0.25) is 0 Å². The molecule has 0 aromatic rings. The fourth-order valence-corrected chi connectivity index (χ4v) is 0. The molecule has 0 aliphatic rings. The van der Waals surface area contributed by atoms with E-state index in [1.807, 2.05) is 0 Å². The molecule has 0 saturated heterocycles. The molecule has 0 amide bonds. The van der Waals surface area contributed by atoms with Crippen LogP contribution in [0.5, 0.6) is 0 Å². The van der Waals surface area contributed by atoms with Crippen molar-refractivity contribution in [3.8, 4) is 0 Å². The molecule has 0 spiro atoms. The minimum Gasteiger partial charge on any atom is -1.00 e. The van der Waals surface area contributed by atoms with Gasteiger partial charge >= 0.3 is 18.9 Å². The fraction of sp³-hybridized carbons (Fsp3) is 0.500. The number of carboxylic acid groups (broad SMARTS) is 1. The summed E-state index contributed by atoms with van der Waals surface area (Å²) < 4.78 is 0. The fourth-order valence-electron chi connectivity index (χ4n) is 0. The molecule has 0 atom stereocenters. The van der Waals surface area contributed by atoms with Crippen molar-refractivity contribution >= 4 is 5.97 Å². The summed E-state index contributed by atoms with van der Waals surface area (Å²) in [5.41, 5.74) is 0. The average Bonchev–Trinajstić information content (AvgIpc) is 0.811. The Hall–Kier alpha value is -0.0126. The zero-order valence-electron chi connectivity index (χ0n) is 5.36. The summed E-state index contributed by atoms with van der Waals surface area (Å²) in [7, 11) is 0. The van der Waals surface area contributed by atoms with Crippen molar-refractivity contribution in [2.45, 2.75) is 6.92 Å². The van der Waals surface area contributed by atoms with Crippen LogP contribution in [0.25, 0.3) is 0 Å². The van der Waals surface area contributed by atoms with Crippen molar-refractivity contribution in [3.05, 3.63) is 0 Å². The van der Waals surface area contributed by atoms with Crippen molar-refractivity contribution in [3.63, 3.8) is 0 Å². The van der Waals surface area contributed by atoms with Gasteiger partial charge in [0.1, 0.15) is 0 Å². The molecule has 0 aromatic heterocycles. The number of hydrogen-bond acceptors (Lipinski definition) is 1. The van der Waals surface area contributed by atoms with Gasteiger partial charge in [-0.1, -0.05) is 0 Å². The van der Waals surface area contributed by atoms with Crippen molar-refractivity contribution in [2.24, 2.45) is 0 Å². The second-order valence-electron chi connectivity index (χ2n) is 0.519. The van der Waals surface area contributed by atoms with E-state index in [-0.39, 0.29) is 31.2 Å². The standard InChI is InChI=1S/C2H4O2.Li.2H2O.H/c1-2(3)4;;;;/h1H3,(H,3,4);;2*1H2;/q;+1;;;-1. The molecule has 0 unspecified atom stereocenters. The van der Waals surface area contributed by atoms with Gasteiger partial charge in [-0.05, 0) is 0 Å². The second kappa shape index (κ2) is 16.7. The first kappa shape index (κ1) is 28.1. The molecule has 0 rings (SSSR count).